The summed E-state index contributed by atoms with van der Waals surface area (Å²) in [6.45, 7) is 4.99. The minimum absolute atomic E-state index is 0.0885. The summed E-state index contributed by atoms with van der Waals surface area (Å²) >= 11 is 5.73. The van der Waals surface area contributed by atoms with Crippen LogP contribution in [0.15, 0.2) is 16.7 Å². The first-order valence-electron chi connectivity index (χ1n) is 5.00. The van der Waals surface area contributed by atoms with Gasteiger partial charge in [-0.05, 0) is 30.0 Å². The molecule has 1 amide bonds. The van der Waals surface area contributed by atoms with E-state index in [-0.39, 0.29) is 11.1 Å². The molecule has 4 heteroatoms. The summed E-state index contributed by atoms with van der Waals surface area (Å²) in [6, 6.07) is 1.59. The first-order valence-corrected chi connectivity index (χ1v) is 5.38. The topological polar surface area (TPSA) is 33.5 Å². The Labute approximate surface area is 95.0 Å². The van der Waals surface area contributed by atoms with Gasteiger partial charge in [0.1, 0.15) is 0 Å². The molecule has 0 unspecified atom stereocenters. The van der Waals surface area contributed by atoms with Crippen LogP contribution in [0.1, 0.15) is 30.6 Å². The largest absolute Gasteiger partial charge is 0.452 e. The van der Waals surface area contributed by atoms with Crippen LogP contribution in [0.3, 0.4) is 0 Å². The summed E-state index contributed by atoms with van der Waals surface area (Å²) in [5, 5.41) is 0.163. The Kier molecular flexibility index (Phi) is 4.21. The predicted molar refractivity (Wildman–Crippen MR) is 60.1 cm³/mol. The van der Waals surface area contributed by atoms with Crippen LogP contribution in [0.2, 0.25) is 5.22 Å². The first kappa shape index (κ1) is 12.1. The number of amides is 1. The number of hydrogen-bond acceptors (Lipinski definition) is 2. The average Bonchev–Trinajstić information content (AvgIpc) is 2.59. The van der Waals surface area contributed by atoms with Crippen molar-refractivity contribution < 1.29 is 9.21 Å². The molecule has 0 aliphatic rings. The van der Waals surface area contributed by atoms with Gasteiger partial charge in [-0.25, -0.2) is 0 Å². The fourth-order valence-corrected chi connectivity index (χ4v) is 1.40. The Morgan fingerprint density at radius 3 is 2.73 bits per heavy atom. The number of hydrogen-bond donors (Lipinski definition) is 0. The van der Waals surface area contributed by atoms with Gasteiger partial charge in [0, 0.05) is 13.6 Å². The minimum atomic E-state index is -0.0885. The van der Waals surface area contributed by atoms with Crippen LogP contribution in [0.4, 0.5) is 0 Å². The van der Waals surface area contributed by atoms with Crippen LogP contribution in [0.25, 0.3) is 0 Å². The second-order valence-electron chi connectivity index (χ2n) is 4.02. The highest BCUT2D eigenvalue weighted by Crippen LogP contribution is 2.18. The Bertz CT molecular complexity index is 333. The lowest BCUT2D eigenvalue weighted by Crippen LogP contribution is -2.28. The van der Waals surface area contributed by atoms with Crippen molar-refractivity contribution in [3.8, 4) is 0 Å². The molecule has 84 valence electrons. The first-order chi connectivity index (χ1) is 7.02. The Morgan fingerprint density at radius 2 is 2.27 bits per heavy atom. The Balaban J connectivity index is 2.57. The lowest BCUT2D eigenvalue weighted by molar-refractivity contribution is 0.0788. The number of carbonyl (C=O) groups excluding carboxylic acids is 1. The van der Waals surface area contributed by atoms with Gasteiger partial charge in [0.15, 0.2) is 0 Å². The second kappa shape index (κ2) is 5.21. The van der Waals surface area contributed by atoms with E-state index in [4.69, 9.17) is 16.0 Å². The average molecular weight is 230 g/mol. The van der Waals surface area contributed by atoms with Gasteiger partial charge in [-0.3, -0.25) is 4.79 Å². The molecule has 0 aliphatic carbocycles. The summed E-state index contributed by atoms with van der Waals surface area (Å²) in [5.74, 6) is 0.495. The van der Waals surface area contributed by atoms with Crippen molar-refractivity contribution in [3.05, 3.63) is 23.1 Å². The molecule has 1 aromatic heterocycles. The molecule has 0 fully saturated rings. The number of carbonyl (C=O) groups is 1. The molecule has 1 rings (SSSR count). The van der Waals surface area contributed by atoms with Gasteiger partial charge in [0.2, 0.25) is 5.22 Å². The van der Waals surface area contributed by atoms with E-state index < -0.39 is 0 Å². The van der Waals surface area contributed by atoms with E-state index in [2.05, 4.69) is 13.8 Å². The maximum absolute atomic E-state index is 11.8. The fraction of sp³-hybridized carbons (Fsp3) is 0.545. The summed E-state index contributed by atoms with van der Waals surface area (Å²) in [4.78, 5) is 13.5. The molecule has 0 saturated carbocycles. The monoisotopic (exact) mass is 229 g/mol. The summed E-state index contributed by atoms with van der Waals surface area (Å²) in [7, 11) is 1.77. The minimum Gasteiger partial charge on any atom is -0.452 e. The van der Waals surface area contributed by atoms with Crippen molar-refractivity contribution >= 4 is 17.5 Å². The van der Waals surface area contributed by atoms with E-state index >= 15 is 0 Å². The van der Waals surface area contributed by atoms with Crippen LogP contribution in [0, 0.1) is 5.92 Å². The van der Waals surface area contributed by atoms with E-state index in [9.17, 15) is 4.79 Å². The molecule has 3 nitrogen and oxygen atoms in total. The van der Waals surface area contributed by atoms with Crippen molar-refractivity contribution in [2.24, 2.45) is 5.92 Å². The van der Waals surface area contributed by atoms with Crippen molar-refractivity contribution in [2.75, 3.05) is 13.6 Å². The van der Waals surface area contributed by atoms with Gasteiger partial charge in [-0.1, -0.05) is 13.8 Å². The van der Waals surface area contributed by atoms with Gasteiger partial charge in [-0.2, -0.15) is 0 Å². The van der Waals surface area contributed by atoms with Gasteiger partial charge in [0.05, 0.1) is 11.8 Å². The molecule has 0 atom stereocenters. The zero-order chi connectivity index (χ0) is 11.4. The van der Waals surface area contributed by atoms with Crippen LogP contribution in [-0.2, 0) is 0 Å². The quantitative estimate of drug-likeness (QED) is 0.795. The van der Waals surface area contributed by atoms with Crippen molar-refractivity contribution in [2.45, 2.75) is 20.3 Å². The zero-order valence-electron chi connectivity index (χ0n) is 9.29. The number of furan rings is 1. The normalized spacial score (nSPS) is 10.7. The highest BCUT2D eigenvalue weighted by molar-refractivity contribution is 6.32. The van der Waals surface area contributed by atoms with E-state index in [1.165, 1.54) is 6.26 Å². The van der Waals surface area contributed by atoms with Crippen LogP contribution < -0.4 is 0 Å². The molecule has 0 saturated heterocycles. The number of rotatable bonds is 4. The third-order valence-electron chi connectivity index (χ3n) is 2.24. The lowest BCUT2D eigenvalue weighted by Gasteiger charge is -2.17. The molecule has 0 aliphatic heterocycles. The highest BCUT2D eigenvalue weighted by Gasteiger charge is 2.17. The summed E-state index contributed by atoms with van der Waals surface area (Å²) < 4.78 is 4.88. The predicted octanol–water partition coefficient (Wildman–Crippen LogP) is 3.05. The second-order valence-corrected chi connectivity index (χ2v) is 4.36. The molecule has 0 aromatic carbocycles. The molecule has 1 heterocycles. The SMILES string of the molecule is CC(C)CCN(C)C(=O)c1ccoc1Cl. The van der Waals surface area contributed by atoms with E-state index in [0.29, 0.717) is 11.5 Å². The third-order valence-corrected chi connectivity index (χ3v) is 2.53. The molecule has 0 N–H and O–H groups in total. The van der Waals surface area contributed by atoms with Crippen LogP contribution >= 0.6 is 11.6 Å². The van der Waals surface area contributed by atoms with Gasteiger partial charge in [0.25, 0.3) is 5.91 Å². The molecule has 0 bridgehead atoms. The molecule has 0 spiro atoms. The maximum atomic E-state index is 11.8. The zero-order valence-corrected chi connectivity index (χ0v) is 10.0. The smallest absolute Gasteiger partial charge is 0.258 e. The standard InChI is InChI=1S/C11H16ClNO2/c1-8(2)4-6-13(3)11(14)9-5-7-15-10(9)12/h5,7-8H,4,6H2,1-3H3. The van der Waals surface area contributed by atoms with Crippen LogP contribution in [0.5, 0.6) is 0 Å². The fourth-order valence-electron chi connectivity index (χ4n) is 1.21. The Hall–Kier alpha value is -0.960. The van der Waals surface area contributed by atoms with Crippen molar-refractivity contribution in [3.63, 3.8) is 0 Å². The highest BCUT2D eigenvalue weighted by atomic mass is 35.5. The summed E-state index contributed by atoms with van der Waals surface area (Å²) in [5.41, 5.74) is 0.433. The van der Waals surface area contributed by atoms with Gasteiger partial charge >= 0.3 is 0 Å². The lowest BCUT2D eigenvalue weighted by atomic mass is 10.1. The molecule has 1 aromatic rings. The summed E-state index contributed by atoms with van der Waals surface area (Å²) in [6.07, 6.45) is 2.41. The van der Waals surface area contributed by atoms with Crippen LogP contribution in [-0.4, -0.2) is 24.4 Å². The van der Waals surface area contributed by atoms with E-state index in [1.54, 1.807) is 18.0 Å². The van der Waals surface area contributed by atoms with Crippen molar-refractivity contribution in [1.82, 2.24) is 4.90 Å². The van der Waals surface area contributed by atoms with Gasteiger partial charge < -0.3 is 9.32 Å². The Morgan fingerprint density at radius 1 is 1.60 bits per heavy atom. The number of halogens is 1. The van der Waals surface area contributed by atoms with Crippen molar-refractivity contribution in [1.29, 1.82) is 0 Å². The molecule has 15 heavy (non-hydrogen) atoms. The molecular weight excluding hydrogens is 214 g/mol. The third kappa shape index (κ3) is 3.27. The van der Waals surface area contributed by atoms with E-state index in [1.807, 2.05) is 0 Å². The van der Waals surface area contributed by atoms with E-state index in [0.717, 1.165) is 13.0 Å². The number of nitrogens with zero attached hydrogens (tertiary/aromatic N) is 1. The van der Waals surface area contributed by atoms with Gasteiger partial charge in [-0.15, -0.1) is 0 Å². The molecule has 0 radical (unpaired) electrons. The maximum Gasteiger partial charge on any atom is 0.258 e. The molecular formula is C11H16ClNO2.